The van der Waals surface area contributed by atoms with Gasteiger partial charge in [-0.15, -0.1) is 0 Å². The lowest BCUT2D eigenvalue weighted by atomic mass is 9.90. The number of aryl methyl sites for hydroxylation is 1. The monoisotopic (exact) mass is 345 g/mol. The molecule has 2 saturated heterocycles. The van der Waals surface area contributed by atoms with Gasteiger partial charge in [-0.2, -0.15) is 5.10 Å². The first-order valence-corrected chi connectivity index (χ1v) is 8.83. The summed E-state index contributed by atoms with van der Waals surface area (Å²) in [7, 11) is 1.94. The SMILES string of the molecule is Cn1cc(CN2CCOC3(CCCN(c4ncccc4F)C3)C2)cn1. The van der Waals surface area contributed by atoms with Crippen molar-refractivity contribution >= 4 is 5.82 Å². The molecule has 4 heterocycles. The van der Waals surface area contributed by atoms with Crippen LogP contribution in [0, 0.1) is 5.82 Å². The molecule has 25 heavy (non-hydrogen) atoms. The Kier molecular flexibility index (Phi) is 4.43. The minimum atomic E-state index is -0.262. The number of halogens is 1. The molecule has 134 valence electrons. The van der Waals surface area contributed by atoms with E-state index >= 15 is 0 Å². The van der Waals surface area contributed by atoms with Crippen molar-refractivity contribution in [3.8, 4) is 0 Å². The minimum absolute atomic E-state index is 0.247. The Morgan fingerprint density at radius 2 is 2.24 bits per heavy atom. The molecule has 1 unspecified atom stereocenters. The smallest absolute Gasteiger partial charge is 0.165 e. The molecular formula is C18H24FN5O. The van der Waals surface area contributed by atoms with Gasteiger partial charge in [0.1, 0.15) is 0 Å². The minimum Gasteiger partial charge on any atom is -0.370 e. The average molecular weight is 345 g/mol. The molecule has 2 aromatic heterocycles. The number of aromatic nitrogens is 3. The van der Waals surface area contributed by atoms with Crippen LogP contribution in [-0.2, 0) is 18.3 Å². The van der Waals surface area contributed by atoms with E-state index in [0.717, 1.165) is 39.0 Å². The molecule has 0 aromatic carbocycles. The van der Waals surface area contributed by atoms with Crippen LogP contribution in [-0.4, -0.2) is 58.1 Å². The lowest BCUT2D eigenvalue weighted by Crippen LogP contribution is -2.59. The van der Waals surface area contributed by atoms with E-state index in [1.54, 1.807) is 12.3 Å². The second-order valence-electron chi connectivity index (χ2n) is 7.10. The lowest BCUT2D eigenvalue weighted by molar-refractivity contribution is -0.116. The third kappa shape index (κ3) is 3.52. The molecule has 0 saturated carbocycles. The Morgan fingerprint density at radius 1 is 1.32 bits per heavy atom. The van der Waals surface area contributed by atoms with Crippen LogP contribution in [0.2, 0.25) is 0 Å². The van der Waals surface area contributed by atoms with Crippen molar-refractivity contribution in [3.63, 3.8) is 0 Å². The maximum absolute atomic E-state index is 14.1. The molecule has 0 radical (unpaired) electrons. The maximum Gasteiger partial charge on any atom is 0.165 e. The van der Waals surface area contributed by atoms with Crippen LogP contribution in [0.15, 0.2) is 30.7 Å². The summed E-state index contributed by atoms with van der Waals surface area (Å²) in [6.45, 7) is 4.85. The van der Waals surface area contributed by atoms with Gasteiger partial charge in [-0.05, 0) is 25.0 Å². The van der Waals surface area contributed by atoms with Crippen molar-refractivity contribution in [2.75, 3.05) is 37.7 Å². The maximum atomic E-state index is 14.1. The predicted molar refractivity (Wildman–Crippen MR) is 92.8 cm³/mol. The molecule has 2 aliphatic rings. The third-order valence-corrected chi connectivity index (χ3v) is 5.07. The third-order valence-electron chi connectivity index (χ3n) is 5.07. The summed E-state index contributed by atoms with van der Waals surface area (Å²) in [5.74, 6) is 0.178. The zero-order valence-corrected chi connectivity index (χ0v) is 14.6. The van der Waals surface area contributed by atoms with Crippen molar-refractivity contribution in [1.82, 2.24) is 19.7 Å². The Balaban J connectivity index is 1.47. The fraction of sp³-hybridized carbons (Fsp3) is 0.556. The highest BCUT2D eigenvalue weighted by atomic mass is 19.1. The molecule has 0 aliphatic carbocycles. The topological polar surface area (TPSA) is 46.4 Å². The number of hydrogen-bond donors (Lipinski definition) is 0. The van der Waals surface area contributed by atoms with Crippen LogP contribution in [0.1, 0.15) is 18.4 Å². The van der Waals surface area contributed by atoms with E-state index in [1.807, 2.05) is 22.8 Å². The molecule has 2 aromatic rings. The number of piperidine rings is 1. The average Bonchev–Trinajstić information content (AvgIpc) is 3.00. The summed E-state index contributed by atoms with van der Waals surface area (Å²) in [6, 6.07) is 3.10. The molecule has 0 bridgehead atoms. The van der Waals surface area contributed by atoms with Crippen LogP contribution in [0.25, 0.3) is 0 Å². The summed E-state index contributed by atoms with van der Waals surface area (Å²) in [4.78, 5) is 8.69. The Hall–Kier alpha value is -1.99. The molecule has 2 fully saturated rings. The van der Waals surface area contributed by atoms with Crippen molar-refractivity contribution < 1.29 is 9.13 Å². The molecule has 2 aliphatic heterocycles. The summed E-state index contributed by atoms with van der Waals surface area (Å²) in [6.07, 6.45) is 7.60. The van der Waals surface area contributed by atoms with Crippen molar-refractivity contribution in [3.05, 3.63) is 42.1 Å². The number of pyridine rings is 1. The van der Waals surface area contributed by atoms with Gasteiger partial charge in [-0.1, -0.05) is 0 Å². The van der Waals surface area contributed by atoms with Crippen molar-refractivity contribution in [2.45, 2.75) is 25.0 Å². The number of anilines is 1. The highest BCUT2D eigenvalue weighted by Gasteiger charge is 2.41. The van der Waals surface area contributed by atoms with Crippen LogP contribution in [0.4, 0.5) is 10.2 Å². The fourth-order valence-electron chi connectivity index (χ4n) is 4.01. The molecule has 7 heteroatoms. The molecule has 0 amide bonds. The van der Waals surface area contributed by atoms with Crippen LogP contribution < -0.4 is 4.90 Å². The normalized spacial score (nSPS) is 24.8. The summed E-state index contributed by atoms with van der Waals surface area (Å²) in [5, 5.41) is 4.25. The standard InChI is InChI=1S/C18H24FN5O/c1-22-11-15(10-21-22)12-23-8-9-25-18(13-23)5-3-7-24(14-18)17-16(19)4-2-6-20-17/h2,4,6,10-11H,3,5,7-9,12-14H2,1H3. The van der Waals surface area contributed by atoms with Crippen molar-refractivity contribution in [1.29, 1.82) is 0 Å². The first-order valence-electron chi connectivity index (χ1n) is 8.83. The van der Waals surface area contributed by atoms with Gasteiger partial charge in [-0.3, -0.25) is 9.58 Å². The number of ether oxygens (including phenoxy) is 1. The fourth-order valence-corrected chi connectivity index (χ4v) is 4.01. The number of morpholine rings is 1. The van der Waals surface area contributed by atoms with Gasteiger partial charge in [-0.25, -0.2) is 9.37 Å². The second kappa shape index (κ2) is 6.72. The van der Waals surface area contributed by atoms with Crippen LogP contribution in [0.3, 0.4) is 0 Å². The van der Waals surface area contributed by atoms with E-state index in [4.69, 9.17) is 4.74 Å². The Bertz CT molecular complexity index is 732. The van der Waals surface area contributed by atoms with E-state index in [0.29, 0.717) is 19.0 Å². The van der Waals surface area contributed by atoms with Crippen LogP contribution >= 0.6 is 0 Å². The van der Waals surface area contributed by atoms with Gasteiger partial charge in [0, 0.05) is 57.7 Å². The predicted octanol–water partition coefficient (Wildman–Crippen LogP) is 1.83. The van der Waals surface area contributed by atoms with Crippen LogP contribution in [0.5, 0.6) is 0 Å². The van der Waals surface area contributed by atoms with E-state index in [2.05, 4.69) is 21.2 Å². The van der Waals surface area contributed by atoms with Gasteiger partial charge in [0.15, 0.2) is 11.6 Å². The molecular weight excluding hydrogens is 321 g/mol. The van der Waals surface area contributed by atoms with Gasteiger partial charge >= 0.3 is 0 Å². The highest BCUT2D eigenvalue weighted by Crippen LogP contribution is 2.32. The van der Waals surface area contributed by atoms with Gasteiger partial charge < -0.3 is 9.64 Å². The largest absolute Gasteiger partial charge is 0.370 e. The summed E-state index contributed by atoms with van der Waals surface area (Å²) >= 11 is 0. The zero-order valence-electron chi connectivity index (χ0n) is 14.6. The molecule has 1 spiro atoms. The summed E-state index contributed by atoms with van der Waals surface area (Å²) < 4.78 is 22.2. The molecule has 6 nitrogen and oxygen atoms in total. The van der Waals surface area contributed by atoms with E-state index in [9.17, 15) is 4.39 Å². The first kappa shape index (κ1) is 16.5. The second-order valence-corrected chi connectivity index (χ2v) is 7.10. The van der Waals surface area contributed by atoms with Gasteiger partial charge in [0.2, 0.25) is 0 Å². The first-order chi connectivity index (χ1) is 12.1. The van der Waals surface area contributed by atoms with E-state index < -0.39 is 0 Å². The number of hydrogen-bond acceptors (Lipinski definition) is 5. The Morgan fingerprint density at radius 3 is 3.04 bits per heavy atom. The molecule has 1 atom stereocenters. The number of nitrogens with zero attached hydrogens (tertiary/aromatic N) is 5. The molecule has 0 N–H and O–H groups in total. The van der Waals surface area contributed by atoms with Gasteiger partial charge in [0.25, 0.3) is 0 Å². The molecule has 4 rings (SSSR count). The number of rotatable bonds is 3. The Labute approximate surface area is 147 Å². The van der Waals surface area contributed by atoms with Crippen molar-refractivity contribution in [2.24, 2.45) is 7.05 Å². The van der Waals surface area contributed by atoms with E-state index in [-0.39, 0.29) is 11.4 Å². The quantitative estimate of drug-likeness (QED) is 0.849. The lowest BCUT2D eigenvalue weighted by Gasteiger charge is -2.48. The zero-order chi connectivity index (χ0) is 17.3. The highest BCUT2D eigenvalue weighted by molar-refractivity contribution is 5.41. The van der Waals surface area contributed by atoms with Gasteiger partial charge in [0.05, 0.1) is 18.4 Å². The van der Waals surface area contributed by atoms with E-state index in [1.165, 1.54) is 11.6 Å². The summed E-state index contributed by atoms with van der Waals surface area (Å²) in [5.41, 5.74) is 0.964.